The average Bonchev–Trinajstić information content (AvgIpc) is 2.68. The Hall–Kier alpha value is -1.69. The van der Waals surface area contributed by atoms with Gasteiger partial charge in [0.05, 0.1) is 6.10 Å². The van der Waals surface area contributed by atoms with Crippen molar-refractivity contribution in [2.45, 2.75) is 43.9 Å². The topological polar surface area (TPSA) is 75.7 Å². The summed E-state index contributed by atoms with van der Waals surface area (Å²) in [6, 6.07) is 0. The van der Waals surface area contributed by atoms with E-state index in [0.29, 0.717) is 11.8 Å². The van der Waals surface area contributed by atoms with Crippen LogP contribution in [0.25, 0.3) is 0 Å². The van der Waals surface area contributed by atoms with Crippen molar-refractivity contribution in [3.05, 3.63) is 12.2 Å². The maximum Gasteiger partial charge on any atom is 0.254 e. The summed E-state index contributed by atoms with van der Waals surface area (Å²) in [6.07, 6.45) is 7.78. The second-order valence-corrected chi connectivity index (χ2v) is 6.73. The SMILES string of the molecule is O=C(CN1C(=O)C=CC1=O)N[C@@]12C[C@@H]3C[C@@H](C[C@H](C3)O1)C2. The fraction of sp³-hybridized carbons (Fsp3) is 0.667. The van der Waals surface area contributed by atoms with Crippen LogP contribution >= 0.6 is 0 Å². The Bertz CT molecular complexity index is 501. The minimum absolute atomic E-state index is 0.226. The first-order chi connectivity index (χ1) is 10.0. The van der Waals surface area contributed by atoms with E-state index in [1.54, 1.807) is 0 Å². The molecule has 0 unspecified atom stereocenters. The van der Waals surface area contributed by atoms with Crippen LogP contribution in [0.2, 0.25) is 0 Å². The van der Waals surface area contributed by atoms with E-state index in [4.69, 9.17) is 4.74 Å². The zero-order valence-electron chi connectivity index (χ0n) is 11.7. The number of hydrogen-bond donors (Lipinski definition) is 1. The number of ether oxygens (including phenoxy) is 1. The van der Waals surface area contributed by atoms with Crippen molar-refractivity contribution in [2.75, 3.05) is 6.54 Å². The summed E-state index contributed by atoms with van der Waals surface area (Å²) in [5, 5.41) is 2.96. The van der Waals surface area contributed by atoms with Crippen molar-refractivity contribution in [1.29, 1.82) is 0 Å². The number of amides is 3. The predicted molar refractivity (Wildman–Crippen MR) is 71.7 cm³/mol. The number of carbonyl (C=O) groups excluding carboxylic acids is 3. The van der Waals surface area contributed by atoms with Crippen molar-refractivity contribution in [1.82, 2.24) is 10.2 Å². The largest absolute Gasteiger partial charge is 0.353 e. The average molecular weight is 290 g/mol. The van der Waals surface area contributed by atoms with E-state index < -0.39 is 17.5 Å². The second-order valence-electron chi connectivity index (χ2n) is 6.73. The van der Waals surface area contributed by atoms with Crippen molar-refractivity contribution < 1.29 is 19.1 Å². The summed E-state index contributed by atoms with van der Waals surface area (Å²) in [5.41, 5.74) is -0.564. The molecule has 3 amide bonds. The molecule has 2 aliphatic carbocycles. The van der Waals surface area contributed by atoms with Crippen LogP contribution in [0.5, 0.6) is 0 Å². The van der Waals surface area contributed by atoms with E-state index in [0.717, 1.165) is 30.6 Å². The molecule has 0 radical (unpaired) electrons. The number of nitrogens with one attached hydrogen (secondary N) is 1. The van der Waals surface area contributed by atoms with Gasteiger partial charge in [0.2, 0.25) is 5.91 Å². The maximum absolute atomic E-state index is 12.2. The molecule has 0 spiro atoms. The van der Waals surface area contributed by atoms with Gasteiger partial charge in [-0.3, -0.25) is 19.3 Å². The van der Waals surface area contributed by atoms with Gasteiger partial charge < -0.3 is 10.1 Å². The molecule has 4 atom stereocenters. The lowest BCUT2D eigenvalue weighted by atomic mass is 9.65. The molecule has 4 fully saturated rings. The molecular weight excluding hydrogens is 272 g/mol. The van der Waals surface area contributed by atoms with Crippen LogP contribution in [0.3, 0.4) is 0 Å². The highest BCUT2D eigenvalue weighted by Gasteiger charge is 2.52. The van der Waals surface area contributed by atoms with Crippen molar-refractivity contribution in [3.63, 3.8) is 0 Å². The summed E-state index contributed by atoms with van der Waals surface area (Å²) in [5.74, 6) is 0.0899. The zero-order valence-corrected chi connectivity index (χ0v) is 11.7. The van der Waals surface area contributed by atoms with Crippen LogP contribution in [-0.4, -0.2) is 41.0 Å². The Balaban J connectivity index is 1.43. The lowest BCUT2D eigenvalue weighted by molar-refractivity contribution is -0.233. The summed E-state index contributed by atoms with van der Waals surface area (Å²) >= 11 is 0. The standard InChI is InChI=1S/C15H18N2O4/c18-12(8-17-13(19)1-2-14(17)20)16-15-6-9-3-10(7-15)5-11(4-9)21-15/h1-2,9-11H,3-8H2,(H,16,18)/t9-,10+,11+,15+. The lowest BCUT2D eigenvalue weighted by Gasteiger charge is -2.56. The highest BCUT2D eigenvalue weighted by Crippen LogP contribution is 2.51. The fourth-order valence-electron chi connectivity index (χ4n) is 4.52. The molecule has 2 saturated carbocycles. The summed E-state index contributed by atoms with van der Waals surface area (Å²) in [6.45, 7) is -0.226. The predicted octanol–water partition coefficient (Wildman–Crippen LogP) is 0.333. The first kappa shape index (κ1) is 13.0. The number of rotatable bonds is 3. The fourth-order valence-corrected chi connectivity index (χ4v) is 4.52. The third-order valence-corrected chi connectivity index (χ3v) is 5.06. The van der Waals surface area contributed by atoms with Crippen molar-refractivity contribution in [3.8, 4) is 0 Å². The van der Waals surface area contributed by atoms with Gasteiger partial charge in [0, 0.05) is 12.2 Å². The number of hydrogen-bond acceptors (Lipinski definition) is 4. The molecule has 2 saturated heterocycles. The molecule has 6 nitrogen and oxygen atoms in total. The molecule has 0 aromatic rings. The number of imide groups is 1. The molecular formula is C15H18N2O4. The Morgan fingerprint density at radius 3 is 2.38 bits per heavy atom. The summed E-state index contributed by atoms with van der Waals surface area (Å²) in [7, 11) is 0. The van der Waals surface area contributed by atoms with Crippen LogP contribution in [-0.2, 0) is 19.1 Å². The van der Waals surface area contributed by atoms with E-state index in [1.807, 2.05) is 0 Å². The first-order valence-electron chi connectivity index (χ1n) is 7.55. The van der Waals surface area contributed by atoms with E-state index in [1.165, 1.54) is 18.6 Å². The molecule has 4 bridgehead atoms. The highest BCUT2D eigenvalue weighted by atomic mass is 16.5. The molecule has 3 aliphatic heterocycles. The third-order valence-electron chi connectivity index (χ3n) is 5.06. The molecule has 3 heterocycles. The molecule has 1 N–H and O–H groups in total. The van der Waals surface area contributed by atoms with E-state index in [2.05, 4.69) is 5.32 Å². The van der Waals surface area contributed by atoms with Gasteiger partial charge in [0.15, 0.2) is 0 Å². The maximum atomic E-state index is 12.2. The number of nitrogens with zero attached hydrogens (tertiary/aromatic N) is 1. The van der Waals surface area contributed by atoms with Gasteiger partial charge in [-0.15, -0.1) is 0 Å². The second kappa shape index (κ2) is 4.40. The molecule has 0 aromatic heterocycles. The Morgan fingerprint density at radius 1 is 1.19 bits per heavy atom. The molecule has 5 aliphatic rings. The molecule has 21 heavy (non-hydrogen) atoms. The van der Waals surface area contributed by atoms with Crippen LogP contribution in [0.15, 0.2) is 12.2 Å². The minimum Gasteiger partial charge on any atom is -0.353 e. The Kier molecular flexibility index (Phi) is 2.73. The molecule has 0 aromatic carbocycles. The zero-order chi connectivity index (χ0) is 14.6. The minimum atomic E-state index is -0.564. The van der Waals surface area contributed by atoms with Crippen LogP contribution < -0.4 is 5.32 Å². The first-order valence-corrected chi connectivity index (χ1v) is 7.55. The monoisotopic (exact) mass is 290 g/mol. The molecule has 112 valence electrons. The van der Waals surface area contributed by atoms with Gasteiger partial charge in [-0.2, -0.15) is 0 Å². The Morgan fingerprint density at radius 2 is 1.81 bits per heavy atom. The Labute approximate surface area is 122 Å². The van der Waals surface area contributed by atoms with Crippen LogP contribution in [0, 0.1) is 11.8 Å². The summed E-state index contributed by atoms with van der Waals surface area (Å²) in [4.78, 5) is 36.1. The normalized spacial score (nSPS) is 40.2. The van der Waals surface area contributed by atoms with Gasteiger partial charge in [0.25, 0.3) is 11.8 Å². The van der Waals surface area contributed by atoms with Gasteiger partial charge in [0.1, 0.15) is 12.3 Å². The van der Waals surface area contributed by atoms with Gasteiger partial charge in [-0.25, -0.2) is 0 Å². The van der Waals surface area contributed by atoms with Gasteiger partial charge in [-0.1, -0.05) is 0 Å². The quantitative estimate of drug-likeness (QED) is 0.760. The smallest absolute Gasteiger partial charge is 0.254 e. The van der Waals surface area contributed by atoms with E-state index in [-0.39, 0.29) is 18.6 Å². The van der Waals surface area contributed by atoms with Crippen molar-refractivity contribution in [2.24, 2.45) is 11.8 Å². The molecule has 6 heteroatoms. The van der Waals surface area contributed by atoms with Crippen LogP contribution in [0.1, 0.15) is 32.1 Å². The van der Waals surface area contributed by atoms with E-state index in [9.17, 15) is 14.4 Å². The van der Waals surface area contributed by atoms with E-state index >= 15 is 0 Å². The molecule has 5 rings (SSSR count). The highest BCUT2D eigenvalue weighted by molar-refractivity contribution is 6.14. The summed E-state index contributed by atoms with van der Waals surface area (Å²) < 4.78 is 6.06. The lowest BCUT2D eigenvalue weighted by Crippen LogP contribution is -2.64. The van der Waals surface area contributed by atoms with Gasteiger partial charge >= 0.3 is 0 Å². The number of carbonyl (C=O) groups is 3. The van der Waals surface area contributed by atoms with Gasteiger partial charge in [-0.05, 0) is 43.9 Å². The van der Waals surface area contributed by atoms with Crippen molar-refractivity contribution >= 4 is 17.7 Å². The van der Waals surface area contributed by atoms with Crippen LogP contribution in [0.4, 0.5) is 0 Å². The third kappa shape index (κ3) is 2.18.